The highest BCUT2D eigenvalue weighted by atomic mass is 32.2. The Hall–Kier alpha value is -2.03. The number of methoxy groups -OCH3 is 1. The van der Waals surface area contributed by atoms with Crippen molar-refractivity contribution in [2.24, 2.45) is 0 Å². The van der Waals surface area contributed by atoms with Crippen LogP contribution in [0.25, 0.3) is 5.57 Å². The molecule has 0 N–H and O–H groups in total. The molecule has 0 fully saturated rings. The molecule has 0 radical (unpaired) electrons. The van der Waals surface area contributed by atoms with Gasteiger partial charge in [-0.15, -0.1) is 11.8 Å². The average Bonchev–Trinajstić information content (AvgIpc) is 2.70. The van der Waals surface area contributed by atoms with Crippen molar-refractivity contribution in [3.63, 3.8) is 0 Å². The molecule has 0 amide bonds. The Labute approximate surface area is 159 Å². The zero-order chi connectivity index (χ0) is 18.8. The number of esters is 1. The highest BCUT2D eigenvalue weighted by molar-refractivity contribution is 7.98. The van der Waals surface area contributed by atoms with E-state index in [1.54, 1.807) is 11.8 Å². The van der Waals surface area contributed by atoms with Crippen LogP contribution in [0.15, 0.2) is 47.4 Å². The molecule has 1 atom stereocenters. The fraction of sp³-hybridized carbons (Fsp3) is 0.429. The maximum Gasteiger partial charge on any atom is 0.305 e. The van der Waals surface area contributed by atoms with Gasteiger partial charge in [0.15, 0.2) is 5.60 Å². The van der Waals surface area contributed by atoms with Crippen LogP contribution in [-0.2, 0) is 14.3 Å². The van der Waals surface area contributed by atoms with Gasteiger partial charge in [-0.3, -0.25) is 4.79 Å². The molecule has 2 rings (SSSR count). The number of nitriles is 1. The summed E-state index contributed by atoms with van der Waals surface area (Å²) < 4.78 is 10.5. The van der Waals surface area contributed by atoms with Crippen LogP contribution in [-0.4, -0.2) is 31.5 Å². The van der Waals surface area contributed by atoms with Crippen LogP contribution >= 0.6 is 11.8 Å². The molecular formula is C21H25NO3S. The molecule has 1 aromatic carbocycles. The number of ether oxygens (including phenoxy) is 2. The Bertz CT molecular complexity index is 720. The van der Waals surface area contributed by atoms with Gasteiger partial charge in [-0.05, 0) is 48.4 Å². The van der Waals surface area contributed by atoms with Crippen molar-refractivity contribution in [3.05, 3.63) is 48.1 Å². The normalized spacial score (nSPS) is 18.9. The smallest absolute Gasteiger partial charge is 0.305 e. The zero-order valence-electron chi connectivity index (χ0n) is 15.4. The minimum Gasteiger partial charge on any atom is -0.469 e. The number of carbonyl (C=O) groups is 1. The summed E-state index contributed by atoms with van der Waals surface area (Å²) in [7, 11) is 1.40. The molecule has 0 aromatic heterocycles. The van der Waals surface area contributed by atoms with Crippen LogP contribution < -0.4 is 0 Å². The molecule has 1 unspecified atom stereocenters. The number of hydrogen-bond donors (Lipinski definition) is 0. The largest absolute Gasteiger partial charge is 0.469 e. The van der Waals surface area contributed by atoms with E-state index < -0.39 is 5.60 Å². The van der Waals surface area contributed by atoms with Crippen molar-refractivity contribution in [2.45, 2.75) is 42.6 Å². The Kier molecular flexibility index (Phi) is 7.96. The summed E-state index contributed by atoms with van der Waals surface area (Å²) in [6.07, 6.45) is 11.4. The molecule has 0 bridgehead atoms. The highest BCUT2D eigenvalue weighted by Crippen LogP contribution is 2.30. The van der Waals surface area contributed by atoms with Gasteiger partial charge in [0.25, 0.3) is 0 Å². The maximum atomic E-state index is 11.1. The van der Waals surface area contributed by atoms with E-state index in [4.69, 9.17) is 4.74 Å². The van der Waals surface area contributed by atoms with Gasteiger partial charge in [0.2, 0.25) is 0 Å². The van der Waals surface area contributed by atoms with Gasteiger partial charge in [-0.2, -0.15) is 5.26 Å². The maximum absolute atomic E-state index is 11.1. The second-order valence-corrected chi connectivity index (χ2v) is 7.05. The van der Waals surface area contributed by atoms with Gasteiger partial charge >= 0.3 is 5.97 Å². The summed E-state index contributed by atoms with van der Waals surface area (Å²) in [4.78, 5) is 12.3. The molecule has 0 saturated carbocycles. The SMILES string of the molecule is COC(=O)CCCCCOC1(C#N)C=CC(c2cccc(SC)c2)=CC1. The fourth-order valence-electron chi connectivity index (χ4n) is 2.77. The first-order valence-electron chi connectivity index (χ1n) is 8.78. The Morgan fingerprint density at radius 3 is 2.85 bits per heavy atom. The van der Waals surface area contributed by atoms with E-state index in [-0.39, 0.29) is 5.97 Å². The van der Waals surface area contributed by atoms with Crippen LogP contribution in [0.5, 0.6) is 0 Å². The van der Waals surface area contributed by atoms with Gasteiger partial charge < -0.3 is 9.47 Å². The lowest BCUT2D eigenvalue weighted by Crippen LogP contribution is -2.29. The van der Waals surface area contributed by atoms with Crippen molar-refractivity contribution < 1.29 is 14.3 Å². The van der Waals surface area contributed by atoms with E-state index in [0.29, 0.717) is 19.4 Å². The minimum atomic E-state index is -0.886. The van der Waals surface area contributed by atoms with Crippen LogP contribution in [0, 0.1) is 11.3 Å². The van der Waals surface area contributed by atoms with Crippen molar-refractivity contribution in [1.82, 2.24) is 0 Å². The topological polar surface area (TPSA) is 59.3 Å². The van der Waals surface area contributed by atoms with Gasteiger partial charge in [0.1, 0.15) is 6.07 Å². The average molecular weight is 372 g/mol. The van der Waals surface area contributed by atoms with E-state index in [2.05, 4.69) is 41.3 Å². The minimum absolute atomic E-state index is 0.183. The number of hydrogen-bond acceptors (Lipinski definition) is 5. The van der Waals surface area contributed by atoms with Crippen LogP contribution in [0.4, 0.5) is 0 Å². The molecule has 0 spiro atoms. The predicted molar refractivity (Wildman–Crippen MR) is 105 cm³/mol. The Morgan fingerprint density at radius 1 is 1.35 bits per heavy atom. The molecule has 0 aliphatic heterocycles. The number of rotatable bonds is 9. The van der Waals surface area contributed by atoms with Gasteiger partial charge in [-0.1, -0.05) is 30.7 Å². The molecule has 0 heterocycles. The van der Waals surface area contributed by atoms with Gasteiger partial charge in [0.05, 0.1) is 7.11 Å². The first-order chi connectivity index (χ1) is 12.6. The molecule has 26 heavy (non-hydrogen) atoms. The van der Waals surface area contributed by atoms with Crippen molar-refractivity contribution in [3.8, 4) is 6.07 Å². The van der Waals surface area contributed by atoms with Gasteiger partial charge in [-0.25, -0.2) is 0 Å². The Morgan fingerprint density at radius 2 is 2.19 bits per heavy atom. The summed E-state index contributed by atoms with van der Waals surface area (Å²) in [6.45, 7) is 0.504. The van der Waals surface area contributed by atoms with E-state index in [0.717, 1.165) is 30.4 Å². The summed E-state index contributed by atoms with van der Waals surface area (Å²) in [5.41, 5.74) is 1.39. The number of benzene rings is 1. The first kappa shape index (κ1) is 20.3. The molecule has 1 aliphatic carbocycles. The number of thioether (sulfide) groups is 1. The zero-order valence-corrected chi connectivity index (χ0v) is 16.2. The monoisotopic (exact) mass is 371 g/mol. The molecule has 4 nitrogen and oxygen atoms in total. The van der Waals surface area contributed by atoms with Gasteiger partial charge in [0, 0.05) is 24.3 Å². The highest BCUT2D eigenvalue weighted by Gasteiger charge is 2.29. The summed E-state index contributed by atoms with van der Waals surface area (Å²) in [5.74, 6) is -0.183. The first-order valence-corrected chi connectivity index (χ1v) is 10.0. The van der Waals surface area contributed by atoms with E-state index in [1.807, 2.05) is 18.2 Å². The molecule has 1 aliphatic rings. The molecule has 5 heteroatoms. The van der Waals surface area contributed by atoms with Crippen molar-refractivity contribution >= 4 is 23.3 Å². The summed E-state index contributed by atoms with van der Waals surface area (Å²) in [6, 6.07) is 10.7. The summed E-state index contributed by atoms with van der Waals surface area (Å²) in [5, 5.41) is 9.57. The predicted octanol–water partition coefficient (Wildman–Crippen LogP) is 4.76. The fourth-order valence-corrected chi connectivity index (χ4v) is 3.22. The third-order valence-corrected chi connectivity index (χ3v) is 5.09. The summed E-state index contributed by atoms with van der Waals surface area (Å²) >= 11 is 1.71. The van der Waals surface area contributed by atoms with Crippen LogP contribution in [0.1, 0.15) is 37.7 Å². The van der Waals surface area contributed by atoms with Crippen LogP contribution in [0.3, 0.4) is 0 Å². The second-order valence-electron chi connectivity index (χ2n) is 6.17. The third kappa shape index (κ3) is 5.76. The number of carbonyl (C=O) groups excluding carboxylic acids is 1. The van der Waals surface area contributed by atoms with E-state index >= 15 is 0 Å². The quantitative estimate of drug-likeness (QED) is 0.356. The number of unbranched alkanes of at least 4 members (excludes halogenated alkanes) is 2. The van der Waals surface area contributed by atoms with E-state index in [9.17, 15) is 10.1 Å². The number of nitrogens with zero attached hydrogens (tertiary/aromatic N) is 1. The van der Waals surface area contributed by atoms with Crippen molar-refractivity contribution in [2.75, 3.05) is 20.0 Å². The van der Waals surface area contributed by atoms with E-state index in [1.165, 1.54) is 12.0 Å². The standard InChI is InChI=1S/C21H25NO3S/c1-24-20(23)9-4-3-5-14-25-21(16-22)12-10-17(11-13-21)18-7-6-8-19(15-18)26-2/h6-8,10-12,15H,3-5,9,13-14H2,1-2H3. The molecular weight excluding hydrogens is 346 g/mol. The molecule has 1 aromatic rings. The molecule has 0 saturated heterocycles. The van der Waals surface area contributed by atoms with Crippen molar-refractivity contribution in [1.29, 1.82) is 5.26 Å². The lowest BCUT2D eigenvalue weighted by atomic mass is 9.90. The van der Waals surface area contributed by atoms with Crippen LogP contribution in [0.2, 0.25) is 0 Å². The lowest BCUT2D eigenvalue weighted by Gasteiger charge is -2.25. The number of allylic oxidation sites excluding steroid dienone is 2. The Balaban J connectivity index is 1.84. The molecule has 138 valence electrons. The lowest BCUT2D eigenvalue weighted by molar-refractivity contribution is -0.140. The third-order valence-electron chi connectivity index (χ3n) is 4.36. The second kappa shape index (κ2) is 10.2.